The van der Waals surface area contributed by atoms with Gasteiger partial charge in [-0.25, -0.2) is 0 Å². The van der Waals surface area contributed by atoms with Crippen LogP contribution in [-0.4, -0.2) is 30.6 Å². The van der Waals surface area contributed by atoms with Gasteiger partial charge in [0.25, 0.3) is 0 Å². The van der Waals surface area contributed by atoms with Crippen molar-refractivity contribution in [2.75, 3.05) is 25.4 Å². The highest BCUT2D eigenvalue weighted by Crippen LogP contribution is 1.58. The summed E-state index contributed by atoms with van der Waals surface area (Å²) in [6.45, 7) is 1.16. The van der Waals surface area contributed by atoms with Gasteiger partial charge in [0.05, 0.1) is 6.61 Å². The molecule has 0 saturated carbocycles. The van der Waals surface area contributed by atoms with Crippen molar-refractivity contribution < 1.29 is 5.11 Å². The van der Waals surface area contributed by atoms with Gasteiger partial charge in [-0.1, -0.05) is 0 Å². The second-order valence-corrected chi connectivity index (χ2v) is 1.47. The Morgan fingerprint density at radius 3 is 1.50 bits per heavy atom. The fourth-order valence-electron chi connectivity index (χ4n) is 0. The molecular weight excluding hydrogens is 124 g/mol. The van der Waals surface area contributed by atoms with Gasteiger partial charge in [0.15, 0.2) is 0 Å². The summed E-state index contributed by atoms with van der Waals surface area (Å²) in [7, 11) is 0. The minimum absolute atomic E-state index is 0.0972. The van der Waals surface area contributed by atoms with Crippen LogP contribution >= 0.6 is 12.6 Å². The first-order chi connectivity index (χ1) is 3.83. The molecule has 3 nitrogen and oxygen atoms in total. The maximum Gasteiger partial charge on any atom is 0.0553 e. The number of rotatable bonds is 2. The third-order valence-corrected chi connectivity index (χ3v) is 0.516. The van der Waals surface area contributed by atoms with E-state index in [0.29, 0.717) is 13.1 Å². The number of hydrogen-bond donors (Lipinski definition) is 4. The van der Waals surface area contributed by atoms with Gasteiger partial charge in [-0.2, -0.15) is 12.6 Å². The third kappa shape index (κ3) is 34.3. The lowest BCUT2D eigenvalue weighted by Gasteiger charge is -1.71. The molecule has 0 aliphatic rings. The molecule has 0 rings (SSSR count). The predicted molar refractivity (Wildman–Crippen MR) is 39.0 cm³/mol. The standard InChI is InChI=1S/C2H7NO.C2H7NS/c2*3-1-2-4/h2*4H,1-3H2. The smallest absolute Gasteiger partial charge is 0.0553 e. The van der Waals surface area contributed by atoms with Gasteiger partial charge in [-0.3, -0.25) is 0 Å². The Morgan fingerprint density at radius 1 is 1.25 bits per heavy atom. The fourth-order valence-corrected chi connectivity index (χ4v) is 0. The summed E-state index contributed by atoms with van der Waals surface area (Å²) in [5.41, 5.74) is 9.73. The maximum atomic E-state index is 7.75. The van der Waals surface area contributed by atoms with E-state index < -0.39 is 0 Å². The molecule has 8 heavy (non-hydrogen) atoms. The molecule has 0 bridgehead atoms. The Hall–Kier alpha value is 0.230. The Morgan fingerprint density at radius 2 is 1.50 bits per heavy atom. The Balaban J connectivity index is 0. The maximum absolute atomic E-state index is 7.75. The van der Waals surface area contributed by atoms with Crippen LogP contribution in [0.5, 0.6) is 0 Å². The van der Waals surface area contributed by atoms with Crippen LogP contribution in [0.15, 0.2) is 0 Å². The number of aliphatic hydroxyl groups excluding tert-OH is 1. The quantitative estimate of drug-likeness (QED) is 0.363. The molecule has 0 aliphatic carbocycles. The summed E-state index contributed by atoms with van der Waals surface area (Å²) in [4.78, 5) is 0. The molecule has 0 atom stereocenters. The topological polar surface area (TPSA) is 72.3 Å². The minimum atomic E-state index is 0.0972. The first-order valence-electron chi connectivity index (χ1n) is 2.45. The van der Waals surface area contributed by atoms with E-state index >= 15 is 0 Å². The molecule has 0 fully saturated rings. The largest absolute Gasteiger partial charge is 0.395 e. The van der Waals surface area contributed by atoms with Gasteiger partial charge in [0.1, 0.15) is 0 Å². The van der Waals surface area contributed by atoms with E-state index in [2.05, 4.69) is 12.6 Å². The molecule has 52 valence electrons. The van der Waals surface area contributed by atoms with E-state index in [-0.39, 0.29) is 6.61 Å². The summed E-state index contributed by atoms with van der Waals surface area (Å²) < 4.78 is 0. The number of nitrogens with two attached hydrogens (primary N) is 2. The van der Waals surface area contributed by atoms with Crippen molar-refractivity contribution in [2.45, 2.75) is 0 Å². The molecule has 0 amide bonds. The van der Waals surface area contributed by atoms with Crippen molar-refractivity contribution in [3.05, 3.63) is 0 Å². The van der Waals surface area contributed by atoms with E-state index in [1.54, 1.807) is 0 Å². The van der Waals surface area contributed by atoms with Crippen LogP contribution in [0.3, 0.4) is 0 Å². The second kappa shape index (κ2) is 15.7. The Bertz CT molecular complexity index is 22.0. The Labute approximate surface area is 55.5 Å². The van der Waals surface area contributed by atoms with Crippen LogP contribution in [0.1, 0.15) is 0 Å². The molecule has 0 aromatic rings. The van der Waals surface area contributed by atoms with E-state index in [1.807, 2.05) is 0 Å². The van der Waals surface area contributed by atoms with Crippen molar-refractivity contribution in [1.82, 2.24) is 0 Å². The predicted octanol–water partition coefficient (Wildman–Crippen LogP) is -1.19. The van der Waals surface area contributed by atoms with Gasteiger partial charge >= 0.3 is 0 Å². The summed E-state index contributed by atoms with van der Waals surface area (Å²) in [6.07, 6.45) is 0. The van der Waals surface area contributed by atoms with Crippen LogP contribution in [-0.2, 0) is 0 Å². The number of thiol groups is 1. The van der Waals surface area contributed by atoms with Gasteiger partial charge in [0, 0.05) is 18.8 Å². The highest BCUT2D eigenvalue weighted by molar-refractivity contribution is 7.80. The lowest BCUT2D eigenvalue weighted by Crippen LogP contribution is -2.02. The number of hydrogen-bond acceptors (Lipinski definition) is 4. The van der Waals surface area contributed by atoms with Crippen LogP contribution < -0.4 is 11.5 Å². The lowest BCUT2D eigenvalue weighted by molar-refractivity contribution is 0.306. The zero-order valence-electron chi connectivity index (χ0n) is 4.88. The van der Waals surface area contributed by atoms with E-state index in [1.165, 1.54) is 0 Å². The molecule has 5 N–H and O–H groups in total. The first-order valence-corrected chi connectivity index (χ1v) is 3.08. The van der Waals surface area contributed by atoms with Crippen LogP contribution in [0.4, 0.5) is 0 Å². The second-order valence-electron chi connectivity index (χ2n) is 1.02. The zero-order chi connectivity index (χ0) is 6.83. The van der Waals surface area contributed by atoms with E-state index in [9.17, 15) is 0 Å². The highest BCUT2D eigenvalue weighted by Gasteiger charge is 1.56. The van der Waals surface area contributed by atoms with Gasteiger partial charge < -0.3 is 16.6 Å². The molecule has 0 aromatic heterocycles. The van der Waals surface area contributed by atoms with Crippen LogP contribution in [0.25, 0.3) is 0 Å². The van der Waals surface area contributed by atoms with Crippen LogP contribution in [0.2, 0.25) is 0 Å². The molecule has 0 aromatic carbocycles. The minimum Gasteiger partial charge on any atom is -0.395 e. The molecule has 0 saturated heterocycles. The average molecular weight is 138 g/mol. The van der Waals surface area contributed by atoms with Gasteiger partial charge in [-0.15, -0.1) is 0 Å². The van der Waals surface area contributed by atoms with Crippen molar-refractivity contribution >= 4 is 12.6 Å². The van der Waals surface area contributed by atoms with Crippen molar-refractivity contribution in [3.63, 3.8) is 0 Å². The lowest BCUT2D eigenvalue weighted by atomic mass is 10.8. The molecule has 0 spiro atoms. The number of aliphatic hydroxyl groups is 1. The first kappa shape index (κ1) is 11.1. The summed E-state index contributed by atoms with van der Waals surface area (Å²) in [5, 5.41) is 7.75. The summed E-state index contributed by atoms with van der Waals surface area (Å²) in [6, 6.07) is 0. The Kier molecular flexibility index (Phi) is 21.7. The average Bonchev–Trinajstić information content (AvgIpc) is 1.88. The molecule has 0 aliphatic heterocycles. The van der Waals surface area contributed by atoms with Gasteiger partial charge in [-0.05, 0) is 0 Å². The third-order valence-electron chi connectivity index (χ3n) is 0.258. The SMILES string of the molecule is NCCO.NCCS. The highest BCUT2D eigenvalue weighted by atomic mass is 32.1. The van der Waals surface area contributed by atoms with Crippen LogP contribution in [0, 0.1) is 0 Å². The monoisotopic (exact) mass is 138 g/mol. The molecular formula is C4H14N2OS. The molecule has 0 radical (unpaired) electrons. The van der Waals surface area contributed by atoms with Crippen molar-refractivity contribution in [2.24, 2.45) is 11.5 Å². The van der Waals surface area contributed by atoms with E-state index in [0.717, 1.165) is 5.75 Å². The van der Waals surface area contributed by atoms with Crippen molar-refractivity contribution in [3.8, 4) is 0 Å². The zero-order valence-corrected chi connectivity index (χ0v) is 5.77. The molecule has 0 unspecified atom stereocenters. The van der Waals surface area contributed by atoms with Crippen molar-refractivity contribution in [1.29, 1.82) is 0 Å². The summed E-state index contributed by atoms with van der Waals surface area (Å²) in [5.74, 6) is 0.792. The molecule has 4 heteroatoms. The van der Waals surface area contributed by atoms with Gasteiger partial charge in [0.2, 0.25) is 0 Å². The van der Waals surface area contributed by atoms with E-state index in [4.69, 9.17) is 16.6 Å². The summed E-state index contributed by atoms with van der Waals surface area (Å²) >= 11 is 3.80. The fraction of sp³-hybridized carbons (Fsp3) is 1.00. The normalized spacial score (nSPS) is 7.50. The molecule has 0 heterocycles.